The Bertz CT molecular complexity index is 376. The summed E-state index contributed by atoms with van der Waals surface area (Å²) < 4.78 is 37.3. The van der Waals surface area contributed by atoms with Gasteiger partial charge < -0.3 is 5.11 Å². The van der Waals surface area contributed by atoms with Crippen LogP contribution in [0.2, 0.25) is 5.15 Å². The predicted octanol–water partition coefficient (Wildman–Crippen LogP) is 2.76. The zero-order chi connectivity index (χ0) is 11.5. The minimum Gasteiger partial charge on any atom is -0.392 e. The first-order chi connectivity index (χ1) is 6.95. The van der Waals surface area contributed by atoms with Crippen LogP contribution in [-0.4, -0.2) is 16.7 Å². The Balaban J connectivity index is 3.21. The number of nitrogens with zero attached hydrogens (tertiary/aromatic N) is 1. The van der Waals surface area contributed by atoms with Crippen LogP contribution in [0.15, 0.2) is 18.3 Å². The molecule has 0 spiro atoms. The summed E-state index contributed by atoms with van der Waals surface area (Å²) >= 11 is 5.47. The van der Waals surface area contributed by atoms with Crippen molar-refractivity contribution in [2.45, 2.75) is 6.18 Å². The highest BCUT2D eigenvalue weighted by molar-refractivity contribution is 6.29. The van der Waals surface area contributed by atoms with Gasteiger partial charge in [0, 0.05) is 6.20 Å². The average molecular weight is 238 g/mol. The summed E-state index contributed by atoms with van der Waals surface area (Å²) in [6.45, 7) is -0.336. The number of hydrogen-bond donors (Lipinski definition) is 1. The fourth-order valence-electron chi connectivity index (χ4n) is 0.999. The molecule has 0 bridgehead atoms. The largest absolute Gasteiger partial charge is 0.418 e. The van der Waals surface area contributed by atoms with E-state index in [9.17, 15) is 13.2 Å². The molecule has 0 fully saturated rings. The summed E-state index contributed by atoms with van der Waals surface area (Å²) in [5.41, 5.74) is -0.992. The van der Waals surface area contributed by atoms with Crippen molar-refractivity contribution in [3.05, 3.63) is 34.6 Å². The third kappa shape index (κ3) is 3.21. The van der Waals surface area contributed by atoms with Crippen LogP contribution in [0.25, 0.3) is 6.08 Å². The molecule has 6 heteroatoms. The maximum absolute atomic E-state index is 12.4. The Morgan fingerprint density at radius 3 is 2.67 bits per heavy atom. The molecule has 1 rings (SSSR count). The third-order valence-corrected chi connectivity index (χ3v) is 1.82. The van der Waals surface area contributed by atoms with Crippen LogP contribution < -0.4 is 0 Å². The van der Waals surface area contributed by atoms with Gasteiger partial charge in [-0.3, -0.25) is 0 Å². The highest BCUT2D eigenvalue weighted by atomic mass is 35.5. The molecule has 1 N–H and O–H groups in total. The van der Waals surface area contributed by atoms with Gasteiger partial charge in [-0.15, -0.1) is 0 Å². The van der Waals surface area contributed by atoms with Crippen molar-refractivity contribution in [3.63, 3.8) is 0 Å². The minimum absolute atomic E-state index is 0.0272. The molecular formula is C9H7ClF3NO. The van der Waals surface area contributed by atoms with Gasteiger partial charge in [-0.25, -0.2) is 4.98 Å². The van der Waals surface area contributed by atoms with Crippen molar-refractivity contribution < 1.29 is 18.3 Å². The number of aliphatic hydroxyl groups excluding tert-OH is 1. The fraction of sp³-hybridized carbons (Fsp3) is 0.222. The summed E-state index contributed by atoms with van der Waals surface area (Å²) in [6, 6.07) is 1.09. The highest BCUT2D eigenvalue weighted by Crippen LogP contribution is 2.32. The van der Waals surface area contributed by atoms with E-state index in [0.29, 0.717) is 6.20 Å². The Labute approximate surface area is 89.0 Å². The molecule has 0 atom stereocenters. The van der Waals surface area contributed by atoms with Crippen molar-refractivity contribution in [2.75, 3.05) is 6.61 Å². The van der Waals surface area contributed by atoms with Crippen LogP contribution in [0.4, 0.5) is 13.2 Å². The van der Waals surface area contributed by atoms with Crippen molar-refractivity contribution in [1.82, 2.24) is 4.98 Å². The van der Waals surface area contributed by atoms with E-state index in [-0.39, 0.29) is 17.3 Å². The number of rotatable bonds is 2. The van der Waals surface area contributed by atoms with E-state index in [2.05, 4.69) is 4.98 Å². The lowest BCUT2D eigenvalue weighted by Crippen LogP contribution is -2.08. The zero-order valence-corrected chi connectivity index (χ0v) is 8.18. The van der Waals surface area contributed by atoms with Crippen LogP contribution in [0.5, 0.6) is 0 Å². The Morgan fingerprint density at radius 2 is 2.13 bits per heavy atom. The maximum Gasteiger partial charge on any atom is 0.418 e. The SMILES string of the molecule is OCC=Cc1cc(Cl)ncc1C(F)(F)F. The van der Waals surface area contributed by atoms with E-state index in [1.807, 2.05) is 0 Å². The molecule has 0 aliphatic rings. The lowest BCUT2D eigenvalue weighted by molar-refractivity contribution is -0.137. The molecule has 0 saturated carbocycles. The molecule has 0 aliphatic carbocycles. The Hall–Kier alpha value is -1.07. The molecule has 1 aromatic rings. The molecule has 1 heterocycles. The minimum atomic E-state index is -4.48. The summed E-state index contributed by atoms with van der Waals surface area (Å²) in [5.74, 6) is 0. The Kier molecular flexibility index (Phi) is 3.71. The number of aliphatic hydroxyl groups is 1. The van der Waals surface area contributed by atoms with Crippen LogP contribution in [0, 0.1) is 0 Å². The van der Waals surface area contributed by atoms with E-state index in [1.54, 1.807) is 0 Å². The number of hydrogen-bond acceptors (Lipinski definition) is 2. The third-order valence-electron chi connectivity index (χ3n) is 1.61. The van der Waals surface area contributed by atoms with Crippen LogP contribution >= 0.6 is 11.6 Å². The van der Waals surface area contributed by atoms with Gasteiger partial charge >= 0.3 is 6.18 Å². The molecule has 15 heavy (non-hydrogen) atoms. The highest BCUT2D eigenvalue weighted by Gasteiger charge is 2.33. The van der Waals surface area contributed by atoms with Gasteiger partial charge in [-0.2, -0.15) is 13.2 Å². The monoisotopic (exact) mass is 237 g/mol. The predicted molar refractivity (Wildman–Crippen MR) is 50.4 cm³/mol. The van der Waals surface area contributed by atoms with Crippen molar-refractivity contribution >= 4 is 17.7 Å². The second-order valence-corrected chi connectivity index (χ2v) is 3.06. The van der Waals surface area contributed by atoms with Crippen LogP contribution in [-0.2, 0) is 6.18 Å². The van der Waals surface area contributed by atoms with Crippen LogP contribution in [0.3, 0.4) is 0 Å². The van der Waals surface area contributed by atoms with Gasteiger partial charge in [0.2, 0.25) is 0 Å². The van der Waals surface area contributed by atoms with Crippen molar-refractivity contribution in [3.8, 4) is 0 Å². The standard InChI is InChI=1S/C9H7ClF3NO/c10-8-4-6(2-1-3-15)7(5-14-8)9(11,12)13/h1-2,4-5,15H,3H2. The van der Waals surface area contributed by atoms with Gasteiger partial charge in [0.1, 0.15) is 5.15 Å². The number of alkyl halides is 3. The van der Waals surface area contributed by atoms with E-state index in [1.165, 1.54) is 6.08 Å². The first-order valence-corrected chi connectivity index (χ1v) is 4.33. The molecule has 0 amide bonds. The first kappa shape index (κ1) is 12.0. The van der Waals surface area contributed by atoms with Gasteiger partial charge in [0.15, 0.2) is 0 Å². The molecule has 82 valence electrons. The molecule has 2 nitrogen and oxygen atoms in total. The molecule has 0 aliphatic heterocycles. The van der Waals surface area contributed by atoms with Gasteiger partial charge in [0.05, 0.1) is 12.2 Å². The van der Waals surface area contributed by atoms with E-state index in [4.69, 9.17) is 16.7 Å². The number of pyridine rings is 1. The topological polar surface area (TPSA) is 33.1 Å². The maximum atomic E-state index is 12.4. The van der Waals surface area contributed by atoms with E-state index in [0.717, 1.165) is 12.1 Å². The second-order valence-electron chi connectivity index (χ2n) is 2.68. The first-order valence-electron chi connectivity index (χ1n) is 3.95. The van der Waals surface area contributed by atoms with Gasteiger partial charge in [-0.1, -0.05) is 23.8 Å². The summed E-state index contributed by atoms with van der Waals surface area (Å²) in [6.07, 6.45) is -1.47. The quantitative estimate of drug-likeness (QED) is 0.803. The smallest absolute Gasteiger partial charge is 0.392 e. The zero-order valence-electron chi connectivity index (χ0n) is 7.42. The summed E-state index contributed by atoms with van der Waals surface area (Å²) in [7, 11) is 0. The van der Waals surface area contributed by atoms with Crippen molar-refractivity contribution in [2.24, 2.45) is 0 Å². The molecule has 0 aromatic carbocycles. The molecule has 0 unspecified atom stereocenters. The second kappa shape index (κ2) is 4.63. The normalized spacial score (nSPS) is 12.3. The molecular weight excluding hydrogens is 231 g/mol. The molecule has 0 saturated heterocycles. The van der Waals surface area contributed by atoms with Crippen molar-refractivity contribution in [1.29, 1.82) is 0 Å². The lowest BCUT2D eigenvalue weighted by Gasteiger charge is -2.09. The molecule has 1 aromatic heterocycles. The van der Waals surface area contributed by atoms with E-state index >= 15 is 0 Å². The Morgan fingerprint density at radius 1 is 1.47 bits per heavy atom. The van der Waals surface area contributed by atoms with Gasteiger partial charge in [0.25, 0.3) is 0 Å². The summed E-state index contributed by atoms with van der Waals surface area (Å²) in [5, 5.41) is 8.45. The number of aromatic nitrogens is 1. The molecule has 0 radical (unpaired) electrons. The van der Waals surface area contributed by atoms with Crippen LogP contribution in [0.1, 0.15) is 11.1 Å². The lowest BCUT2D eigenvalue weighted by atomic mass is 10.1. The van der Waals surface area contributed by atoms with E-state index < -0.39 is 11.7 Å². The average Bonchev–Trinajstić information content (AvgIpc) is 2.12. The van der Waals surface area contributed by atoms with Gasteiger partial charge in [-0.05, 0) is 11.6 Å². The fourth-order valence-corrected chi connectivity index (χ4v) is 1.16. The summed E-state index contributed by atoms with van der Waals surface area (Å²) in [4.78, 5) is 3.36. The number of halogens is 4.